The molecule has 0 aliphatic heterocycles. The fraction of sp³-hybridized carbons (Fsp3) is 0.300. The first-order valence-corrected chi connectivity index (χ1v) is 8.23. The zero-order valence-corrected chi connectivity index (χ0v) is 15.0. The average Bonchev–Trinajstić information content (AvgIpc) is 2.58. The predicted molar refractivity (Wildman–Crippen MR) is 97.0 cm³/mol. The Labute approximate surface area is 148 Å². The SMILES string of the molecule is CCOC(=O)c1ccc(NC(=O)[C@H](C)Oc2ccccc2C)c(C)c1. The lowest BCUT2D eigenvalue weighted by molar-refractivity contribution is -0.122. The van der Waals surface area contributed by atoms with Crippen LogP contribution in [0.15, 0.2) is 42.5 Å². The van der Waals surface area contributed by atoms with Gasteiger partial charge < -0.3 is 14.8 Å². The van der Waals surface area contributed by atoms with Crippen LogP contribution in [-0.4, -0.2) is 24.6 Å². The molecule has 0 fully saturated rings. The number of hydrogen-bond donors (Lipinski definition) is 1. The number of para-hydroxylation sites is 1. The molecule has 1 amide bonds. The summed E-state index contributed by atoms with van der Waals surface area (Å²) in [5.41, 5.74) is 2.85. The van der Waals surface area contributed by atoms with Crippen molar-refractivity contribution in [1.82, 2.24) is 0 Å². The first kappa shape index (κ1) is 18.5. The second-order valence-electron chi connectivity index (χ2n) is 5.76. The third kappa shape index (κ3) is 4.83. The zero-order valence-electron chi connectivity index (χ0n) is 15.0. The average molecular weight is 341 g/mol. The van der Waals surface area contributed by atoms with E-state index in [1.807, 2.05) is 38.1 Å². The van der Waals surface area contributed by atoms with Gasteiger partial charge in [-0.2, -0.15) is 0 Å². The molecular weight excluding hydrogens is 318 g/mol. The molecule has 5 heteroatoms. The minimum atomic E-state index is -0.648. The Morgan fingerprint density at radius 3 is 2.44 bits per heavy atom. The van der Waals surface area contributed by atoms with Crippen molar-refractivity contribution < 1.29 is 19.1 Å². The summed E-state index contributed by atoms with van der Waals surface area (Å²) in [4.78, 5) is 24.1. The molecule has 0 aliphatic carbocycles. The first-order chi connectivity index (χ1) is 11.9. The van der Waals surface area contributed by atoms with E-state index in [1.54, 1.807) is 32.0 Å². The van der Waals surface area contributed by atoms with Crippen molar-refractivity contribution in [2.24, 2.45) is 0 Å². The van der Waals surface area contributed by atoms with Crippen LogP contribution in [0, 0.1) is 13.8 Å². The Bertz CT molecular complexity index is 770. The molecule has 0 saturated heterocycles. The van der Waals surface area contributed by atoms with E-state index < -0.39 is 6.10 Å². The van der Waals surface area contributed by atoms with E-state index in [9.17, 15) is 9.59 Å². The van der Waals surface area contributed by atoms with Crippen LogP contribution in [0.25, 0.3) is 0 Å². The number of nitrogens with one attached hydrogen (secondary N) is 1. The van der Waals surface area contributed by atoms with Gasteiger partial charge in [0, 0.05) is 5.69 Å². The van der Waals surface area contributed by atoms with Crippen LogP contribution in [0.4, 0.5) is 5.69 Å². The number of rotatable bonds is 6. The van der Waals surface area contributed by atoms with E-state index in [2.05, 4.69) is 5.32 Å². The van der Waals surface area contributed by atoms with Crippen LogP contribution in [0.3, 0.4) is 0 Å². The van der Waals surface area contributed by atoms with Crippen molar-refractivity contribution in [2.75, 3.05) is 11.9 Å². The summed E-state index contributed by atoms with van der Waals surface area (Å²) in [5.74, 6) is 0.0505. The van der Waals surface area contributed by atoms with Crippen LogP contribution in [0.1, 0.15) is 35.3 Å². The fourth-order valence-electron chi connectivity index (χ4n) is 2.31. The summed E-state index contributed by atoms with van der Waals surface area (Å²) in [5, 5.41) is 2.83. The minimum Gasteiger partial charge on any atom is -0.481 e. The Hall–Kier alpha value is -2.82. The van der Waals surface area contributed by atoms with Gasteiger partial charge in [-0.1, -0.05) is 18.2 Å². The molecule has 0 saturated carbocycles. The number of esters is 1. The molecule has 5 nitrogen and oxygen atoms in total. The van der Waals surface area contributed by atoms with Crippen LogP contribution >= 0.6 is 0 Å². The molecule has 0 heterocycles. The van der Waals surface area contributed by atoms with Crippen molar-refractivity contribution >= 4 is 17.6 Å². The molecule has 1 atom stereocenters. The van der Waals surface area contributed by atoms with Crippen LogP contribution in [-0.2, 0) is 9.53 Å². The second-order valence-corrected chi connectivity index (χ2v) is 5.76. The lowest BCUT2D eigenvalue weighted by atomic mass is 10.1. The van der Waals surface area contributed by atoms with Gasteiger partial charge in [-0.3, -0.25) is 4.79 Å². The maximum absolute atomic E-state index is 12.4. The molecule has 0 aromatic heterocycles. The highest BCUT2D eigenvalue weighted by atomic mass is 16.5. The Morgan fingerprint density at radius 2 is 1.80 bits per heavy atom. The van der Waals surface area contributed by atoms with Gasteiger partial charge in [-0.05, 0) is 63.1 Å². The summed E-state index contributed by atoms with van der Waals surface area (Å²) in [6.45, 7) is 7.53. The van der Waals surface area contributed by atoms with Gasteiger partial charge >= 0.3 is 5.97 Å². The van der Waals surface area contributed by atoms with Gasteiger partial charge in [-0.25, -0.2) is 4.79 Å². The highest BCUT2D eigenvalue weighted by Crippen LogP contribution is 2.20. The van der Waals surface area contributed by atoms with Crippen molar-refractivity contribution in [2.45, 2.75) is 33.8 Å². The Kier molecular flexibility index (Phi) is 6.17. The third-order valence-electron chi connectivity index (χ3n) is 3.76. The Morgan fingerprint density at radius 1 is 1.08 bits per heavy atom. The van der Waals surface area contributed by atoms with E-state index in [1.165, 1.54) is 0 Å². The lowest BCUT2D eigenvalue weighted by Gasteiger charge is -2.17. The standard InChI is InChI=1S/C20H23NO4/c1-5-24-20(23)16-10-11-17(14(3)12-16)21-19(22)15(4)25-18-9-7-6-8-13(18)2/h6-12,15H,5H2,1-4H3,(H,21,22)/t15-/m0/s1. The summed E-state index contributed by atoms with van der Waals surface area (Å²) in [6, 6.07) is 12.6. The molecule has 0 aliphatic rings. The predicted octanol–water partition coefficient (Wildman–Crippen LogP) is 3.89. The lowest BCUT2D eigenvalue weighted by Crippen LogP contribution is -2.30. The maximum atomic E-state index is 12.4. The molecule has 0 radical (unpaired) electrons. The zero-order chi connectivity index (χ0) is 18.4. The van der Waals surface area contributed by atoms with Crippen molar-refractivity contribution in [3.05, 3.63) is 59.2 Å². The highest BCUT2D eigenvalue weighted by molar-refractivity contribution is 5.96. The van der Waals surface area contributed by atoms with Gasteiger partial charge in [0.2, 0.25) is 0 Å². The first-order valence-electron chi connectivity index (χ1n) is 8.23. The molecule has 0 spiro atoms. The van der Waals surface area contributed by atoms with Crippen molar-refractivity contribution in [3.63, 3.8) is 0 Å². The largest absolute Gasteiger partial charge is 0.481 e. The van der Waals surface area contributed by atoms with E-state index in [-0.39, 0.29) is 11.9 Å². The van der Waals surface area contributed by atoms with Gasteiger partial charge in [0.15, 0.2) is 6.10 Å². The minimum absolute atomic E-state index is 0.254. The van der Waals surface area contributed by atoms with Gasteiger partial charge in [0.1, 0.15) is 5.75 Å². The topological polar surface area (TPSA) is 64.6 Å². The quantitative estimate of drug-likeness (QED) is 0.810. The number of carbonyl (C=O) groups excluding carboxylic acids is 2. The van der Waals surface area contributed by atoms with E-state index in [0.717, 1.165) is 11.1 Å². The second kappa shape index (κ2) is 8.33. The maximum Gasteiger partial charge on any atom is 0.338 e. The number of benzene rings is 2. The molecule has 2 aromatic rings. The summed E-state index contributed by atoms with van der Waals surface area (Å²) >= 11 is 0. The Balaban J connectivity index is 2.04. The van der Waals surface area contributed by atoms with E-state index in [4.69, 9.17) is 9.47 Å². The monoisotopic (exact) mass is 341 g/mol. The van der Waals surface area contributed by atoms with E-state index in [0.29, 0.717) is 23.6 Å². The molecule has 25 heavy (non-hydrogen) atoms. The van der Waals surface area contributed by atoms with Gasteiger partial charge in [0.25, 0.3) is 5.91 Å². The van der Waals surface area contributed by atoms with Gasteiger partial charge in [0.05, 0.1) is 12.2 Å². The summed E-state index contributed by atoms with van der Waals surface area (Å²) in [7, 11) is 0. The number of ether oxygens (including phenoxy) is 2. The van der Waals surface area contributed by atoms with E-state index >= 15 is 0 Å². The molecule has 132 valence electrons. The van der Waals surface area contributed by atoms with Crippen molar-refractivity contribution in [1.29, 1.82) is 0 Å². The van der Waals surface area contributed by atoms with Gasteiger partial charge in [-0.15, -0.1) is 0 Å². The number of amides is 1. The highest BCUT2D eigenvalue weighted by Gasteiger charge is 2.17. The normalized spacial score (nSPS) is 11.5. The van der Waals surface area contributed by atoms with Crippen molar-refractivity contribution in [3.8, 4) is 5.75 Å². The molecule has 2 rings (SSSR count). The number of anilines is 1. The third-order valence-corrected chi connectivity index (χ3v) is 3.76. The summed E-state index contributed by atoms with van der Waals surface area (Å²) < 4.78 is 10.7. The number of hydrogen-bond acceptors (Lipinski definition) is 4. The fourth-order valence-corrected chi connectivity index (χ4v) is 2.31. The summed E-state index contributed by atoms with van der Waals surface area (Å²) in [6.07, 6.45) is -0.648. The molecule has 0 unspecified atom stereocenters. The van der Waals surface area contributed by atoms with Crippen LogP contribution < -0.4 is 10.1 Å². The molecule has 1 N–H and O–H groups in total. The number of aryl methyl sites for hydroxylation is 2. The molecule has 0 bridgehead atoms. The van der Waals surface area contributed by atoms with Crippen LogP contribution in [0.5, 0.6) is 5.75 Å². The molecular formula is C20H23NO4. The number of carbonyl (C=O) groups is 2. The molecule has 2 aromatic carbocycles. The smallest absolute Gasteiger partial charge is 0.338 e. The van der Waals surface area contributed by atoms with Crippen LogP contribution in [0.2, 0.25) is 0 Å².